The second-order valence-corrected chi connectivity index (χ2v) is 5.58. The van der Waals surface area contributed by atoms with Crippen LogP contribution in [-0.4, -0.2) is 36.5 Å². The normalized spacial score (nSPS) is 10.4. The highest BCUT2D eigenvalue weighted by atomic mass is 32.1. The van der Waals surface area contributed by atoms with Gasteiger partial charge >= 0.3 is 0 Å². The van der Waals surface area contributed by atoms with Crippen molar-refractivity contribution in [2.24, 2.45) is 5.73 Å². The van der Waals surface area contributed by atoms with Crippen molar-refractivity contribution in [3.63, 3.8) is 0 Å². The Bertz CT molecular complexity index is 612. The van der Waals surface area contributed by atoms with Crippen molar-refractivity contribution in [2.45, 2.75) is 13.0 Å². The van der Waals surface area contributed by atoms with E-state index >= 15 is 0 Å². The van der Waals surface area contributed by atoms with Crippen LogP contribution in [0.3, 0.4) is 0 Å². The van der Waals surface area contributed by atoms with Crippen molar-refractivity contribution in [1.82, 2.24) is 9.88 Å². The topological polar surface area (TPSA) is 68.5 Å². The lowest BCUT2D eigenvalue weighted by Gasteiger charge is -2.17. The molecule has 0 bridgehead atoms. The van der Waals surface area contributed by atoms with Crippen molar-refractivity contribution in [3.8, 4) is 5.75 Å². The number of aromatic nitrogens is 1. The van der Waals surface area contributed by atoms with Gasteiger partial charge in [-0.2, -0.15) is 0 Å². The molecule has 6 heteroatoms. The van der Waals surface area contributed by atoms with E-state index in [0.717, 1.165) is 16.3 Å². The maximum atomic E-state index is 12.4. The molecule has 1 aromatic carbocycles. The number of amides is 1. The van der Waals surface area contributed by atoms with E-state index in [4.69, 9.17) is 10.5 Å². The van der Waals surface area contributed by atoms with Gasteiger partial charge in [0.1, 0.15) is 11.4 Å². The molecule has 0 spiro atoms. The zero-order valence-electron chi connectivity index (χ0n) is 12.2. The fraction of sp³-hybridized carbons (Fsp3) is 0.333. The monoisotopic (exact) mass is 305 g/mol. The van der Waals surface area contributed by atoms with Crippen LogP contribution < -0.4 is 10.5 Å². The minimum atomic E-state index is -0.0968. The SMILES string of the molecule is COc1ccccc1CN(C)C(=O)c1csc(CCN)n1. The number of methoxy groups -OCH3 is 1. The van der Waals surface area contributed by atoms with Crippen LogP contribution in [0.2, 0.25) is 0 Å². The summed E-state index contributed by atoms with van der Waals surface area (Å²) in [5, 5.41) is 2.68. The van der Waals surface area contributed by atoms with Crippen LogP contribution in [0.4, 0.5) is 0 Å². The quantitative estimate of drug-likeness (QED) is 0.885. The van der Waals surface area contributed by atoms with Gasteiger partial charge in [0, 0.05) is 31.0 Å². The van der Waals surface area contributed by atoms with E-state index < -0.39 is 0 Å². The van der Waals surface area contributed by atoms with Crippen molar-refractivity contribution >= 4 is 17.2 Å². The lowest BCUT2D eigenvalue weighted by molar-refractivity contribution is 0.0779. The minimum Gasteiger partial charge on any atom is -0.496 e. The Balaban J connectivity index is 2.08. The zero-order valence-corrected chi connectivity index (χ0v) is 13.0. The zero-order chi connectivity index (χ0) is 15.2. The van der Waals surface area contributed by atoms with E-state index in [-0.39, 0.29) is 5.91 Å². The van der Waals surface area contributed by atoms with Crippen LogP contribution in [0.1, 0.15) is 21.1 Å². The molecule has 0 aliphatic rings. The minimum absolute atomic E-state index is 0.0968. The Hall–Kier alpha value is -1.92. The van der Waals surface area contributed by atoms with Gasteiger partial charge in [-0.3, -0.25) is 4.79 Å². The highest BCUT2D eigenvalue weighted by molar-refractivity contribution is 7.09. The van der Waals surface area contributed by atoms with E-state index in [1.165, 1.54) is 11.3 Å². The summed E-state index contributed by atoms with van der Waals surface area (Å²) in [6.45, 7) is 1.02. The third-order valence-corrected chi connectivity index (χ3v) is 3.98. The van der Waals surface area contributed by atoms with Gasteiger partial charge in [0.05, 0.1) is 12.1 Å². The first kappa shape index (κ1) is 15.5. The Morgan fingerprint density at radius 2 is 2.19 bits per heavy atom. The number of nitrogens with zero attached hydrogens (tertiary/aromatic N) is 2. The maximum Gasteiger partial charge on any atom is 0.273 e. The molecule has 1 heterocycles. The van der Waals surface area contributed by atoms with Gasteiger partial charge in [-0.15, -0.1) is 11.3 Å². The van der Waals surface area contributed by atoms with Crippen LogP contribution in [0.25, 0.3) is 0 Å². The van der Waals surface area contributed by atoms with Crippen LogP contribution in [0, 0.1) is 0 Å². The van der Waals surface area contributed by atoms with Gasteiger partial charge in [0.15, 0.2) is 0 Å². The molecule has 21 heavy (non-hydrogen) atoms. The first-order chi connectivity index (χ1) is 10.2. The molecule has 5 nitrogen and oxygen atoms in total. The standard InChI is InChI=1S/C15H19N3O2S/c1-18(9-11-5-3-4-6-13(11)20-2)15(19)12-10-21-14(17-12)7-8-16/h3-6,10H,7-9,16H2,1-2H3. The van der Waals surface area contributed by atoms with Crippen LogP contribution in [0.5, 0.6) is 5.75 Å². The van der Waals surface area contributed by atoms with Crippen molar-refractivity contribution in [3.05, 3.63) is 45.9 Å². The average molecular weight is 305 g/mol. The summed E-state index contributed by atoms with van der Waals surface area (Å²) in [5.41, 5.74) is 6.94. The molecule has 2 N–H and O–H groups in total. The summed E-state index contributed by atoms with van der Waals surface area (Å²) in [6.07, 6.45) is 0.703. The second kappa shape index (κ2) is 7.19. The van der Waals surface area contributed by atoms with Gasteiger partial charge in [0.25, 0.3) is 5.91 Å². The van der Waals surface area contributed by atoms with Gasteiger partial charge in [-0.25, -0.2) is 4.98 Å². The van der Waals surface area contributed by atoms with E-state index in [1.54, 1.807) is 24.4 Å². The summed E-state index contributed by atoms with van der Waals surface area (Å²) in [4.78, 5) is 18.3. The number of thiazole rings is 1. The number of benzene rings is 1. The summed E-state index contributed by atoms with van der Waals surface area (Å²) in [5.74, 6) is 0.680. The Morgan fingerprint density at radius 3 is 2.90 bits per heavy atom. The van der Waals surface area contributed by atoms with Crippen LogP contribution >= 0.6 is 11.3 Å². The molecule has 0 aliphatic carbocycles. The number of para-hydroxylation sites is 1. The van der Waals surface area contributed by atoms with Crippen LogP contribution in [-0.2, 0) is 13.0 Å². The van der Waals surface area contributed by atoms with Gasteiger partial charge < -0.3 is 15.4 Å². The average Bonchev–Trinajstić information content (AvgIpc) is 2.96. The second-order valence-electron chi connectivity index (χ2n) is 4.64. The van der Waals surface area contributed by atoms with Crippen molar-refractivity contribution < 1.29 is 9.53 Å². The molecule has 2 aromatic rings. The maximum absolute atomic E-state index is 12.4. The fourth-order valence-electron chi connectivity index (χ4n) is 2.00. The van der Waals surface area contributed by atoms with E-state index in [0.29, 0.717) is 25.2 Å². The molecular weight excluding hydrogens is 286 g/mol. The van der Waals surface area contributed by atoms with Gasteiger partial charge in [0.2, 0.25) is 0 Å². The molecule has 0 radical (unpaired) electrons. The molecule has 0 aliphatic heterocycles. The number of carbonyl (C=O) groups excluding carboxylic acids is 1. The Morgan fingerprint density at radius 1 is 1.43 bits per heavy atom. The number of rotatable bonds is 6. The molecule has 1 aromatic heterocycles. The summed E-state index contributed by atoms with van der Waals surface area (Å²) in [6, 6.07) is 7.67. The first-order valence-electron chi connectivity index (χ1n) is 6.67. The third-order valence-electron chi connectivity index (χ3n) is 3.08. The predicted octanol–water partition coefficient (Wildman–Crippen LogP) is 1.93. The molecular formula is C15H19N3O2S. The van der Waals surface area contributed by atoms with Crippen LogP contribution in [0.15, 0.2) is 29.6 Å². The lowest BCUT2D eigenvalue weighted by atomic mass is 10.2. The molecule has 0 atom stereocenters. The third kappa shape index (κ3) is 3.80. The van der Waals surface area contributed by atoms with Gasteiger partial charge in [-0.1, -0.05) is 18.2 Å². The number of ether oxygens (including phenoxy) is 1. The predicted molar refractivity (Wildman–Crippen MR) is 83.7 cm³/mol. The van der Waals surface area contributed by atoms with Gasteiger partial charge in [-0.05, 0) is 12.6 Å². The summed E-state index contributed by atoms with van der Waals surface area (Å²) < 4.78 is 5.30. The lowest BCUT2D eigenvalue weighted by Crippen LogP contribution is -2.26. The largest absolute Gasteiger partial charge is 0.496 e. The fourth-order valence-corrected chi connectivity index (χ4v) is 2.79. The number of nitrogens with two attached hydrogens (primary N) is 1. The summed E-state index contributed by atoms with van der Waals surface area (Å²) in [7, 11) is 3.39. The number of hydrogen-bond donors (Lipinski definition) is 1. The number of hydrogen-bond acceptors (Lipinski definition) is 5. The Kier molecular flexibility index (Phi) is 5.30. The molecule has 0 unspecified atom stereocenters. The molecule has 0 fully saturated rings. The number of carbonyl (C=O) groups is 1. The molecule has 0 saturated carbocycles. The molecule has 112 valence electrons. The van der Waals surface area contributed by atoms with Crippen molar-refractivity contribution in [1.29, 1.82) is 0 Å². The van der Waals surface area contributed by atoms with E-state index in [2.05, 4.69) is 4.98 Å². The molecule has 2 rings (SSSR count). The van der Waals surface area contributed by atoms with Crippen molar-refractivity contribution in [2.75, 3.05) is 20.7 Å². The highest BCUT2D eigenvalue weighted by Gasteiger charge is 2.16. The Labute approximate surface area is 128 Å². The first-order valence-corrected chi connectivity index (χ1v) is 7.55. The molecule has 1 amide bonds. The molecule has 0 saturated heterocycles. The smallest absolute Gasteiger partial charge is 0.273 e. The van der Waals surface area contributed by atoms with E-state index in [1.807, 2.05) is 24.3 Å². The van der Waals surface area contributed by atoms with E-state index in [9.17, 15) is 4.79 Å². The summed E-state index contributed by atoms with van der Waals surface area (Å²) >= 11 is 1.47. The highest BCUT2D eigenvalue weighted by Crippen LogP contribution is 2.20.